The Morgan fingerprint density at radius 2 is 1.78 bits per heavy atom. The molecule has 0 saturated carbocycles. The molecule has 1 amide bonds. The van der Waals surface area contributed by atoms with Gasteiger partial charge in [0.2, 0.25) is 0 Å². The maximum Gasteiger partial charge on any atom is 0.265 e. The Hall–Kier alpha value is -2.59. The first-order valence-corrected chi connectivity index (χ1v) is 7.53. The monoisotopic (exact) mass is 310 g/mol. The molecule has 0 aliphatic rings. The predicted molar refractivity (Wildman–Crippen MR) is 92.1 cm³/mol. The molecule has 0 radical (unpaired) electrons. The molecular weight excluding hydrogens is 288 g/mol. The van der Waals surface area contributed by atoms with Crippen molar-refractivity contribution >= 4 is 5.91 Å². The molecule has 4 heteroatoms. The lowest BCUT2D eigenvalue weighted by molar-refractivity contribution is 0.0921. The zero-order chi connectivity index (χ0) is 16.7. The molecule has 0 bridgehead atoms. The number of hydrogen-bond donors (Lipinski definition) is 2. The zero-order valence-corrected chi connectivity index (χ0v) is 13.5. The van der Waals surface area contributed by atoms with Crippen LogP contribution in [-0.2, 0) is 0 Å². The van der Waals surface area contributed by atoms with Gasteiger partial charge in [-0.1, -0.05) is 43.3 Å². The highest BCUT2D eigenvalue weighted by Crippen LogP contribution is 2.24. The van der Waals surface area contributed by atoms with Gasteiger partial charge >= 0.3 is 0 Å². The van der Waals surface area contributed by atoms with E-state index < -0.39 is 0 Å². The average molecular weight is 310 g/mol. The fourth-order valence-corrected chi connectivity index (χ4v) is 2.27. The molecule has 23 heavy (non-hydrogen) atoms. The van der Waals surface area contributed by atoms with Gasteiger partial charge in [-0.05, 0) is 35.7 Å². The number of carbonyl (C=O) groups excluding carboxylic acids is 1. The van der Waals surface area contributed by atoms with Gasteiger partial charge in [-0.25, -0.2) is 5.43 Å². The van der Waals surface area contributed by atoms with Gasteiger partial charge in [0.15, 0.2) is 0 Å². The van der Waals surface area contributed by atoms with Crippen molar-refractivity contribution in [3.63, 3.8) is 0 Å². The van der Waals surface area contributed by atoms with E-state index in [2.05, 4.69) is 17.4 Å². The van der Waals surface area contributed by atoms with Crippen LogP contribution in [-0.4, -0.2) is 13.0 Å². The quantitative estimate of drug-likeness (QED) is 0.608. The smallest absolute Gasteiger partial charge is 0.265 e. The van der Waals surface area contributed by atoms with Crippen molar-refractivity contribution in [2.75, 3.05) is 7.11 Å². The highest BCUT2D eigenvalue weighted by atomic mass is 16.5. The summed E-state index contributed by atoms with van der Waals surface area (Å²) < 4.78 is 5.18. The number of carbonyl (C=O) groups is 1. The lowest BCUT2D eigenvalue weighted by atomic mass is 9.95. The largest absolute Gasteiger partial charge is 0.497 e. The Balaban J connectivity index is 2.09. The summed E-state index contributed by atoms with van der Waals surface area (Å²) in [4.78, 5) is 12.2. The number of ether oxygens (including phenoxy) is 1. The molecule has 2 atom stereocenters. The summed E-state index contributed by atoms with van der Waals surface area (Å²) >= 11 is 0. The van der Waals surface area contributed by atoms with Gasteiger partial charge in [0.1, 0.15) is 5.75 Å². The van der Waals surface area contributed by atoms with E-state index >= 15 is 0 Å². The molecule has 2 rings (SSSR count). The first-order valence-electron chi connectivity index (χ1n) is 7.53. The standard InChI is InChI=1S/C19H22N2O2/c1-4-14(2)18(15-10-12-17(23-3)13-11-15)20-21-19(22)16-8-6-5-7-9-16/h4-14,18,20H,1H2,2-3H3,(H,21,22)/t14-,18+/m1/s1. The van der Waals surface area contributed by atoms with Crippen LogP contribution in [0.4, 0.5) is 0 Å². The van der Waals surface area contributed by atoms with Gasteiger partial charge in [0.05, 0.1) is 13.2 Å². The average Bonchev–Trinajstić information content (AvgIpc) is 2.62. The van der Waals surface area contributed by atoms with Crippen LogP contribution in [0.5, 0.6) is 5.75 Å². The molecule has 0 saturated heterocycles. The van der Waals surface area contributed by atoms with Gasteiger partial charge in [0.25, 0.3) is 5.91 Å². The highest BCUT2D eigenvalue weighted by molar-refractivity contribution is 5.93. The fraction of sp³-hybridized carbons (Fsp3) is 0.211. The lowest BCUT2D eigenvalue weighted by Crippen LogP contribution is -2.42. The summed E-state index contributed by atoms with van der Waals surface area (Å²) in [5.41, 5.74) is 7.54. The minimum Gasteiger partial charge on any atom is -0.497 e. The van der Waals surface area contributed by atoms with Crippen LogP contribution in [0.15, 0.2) is 67.3 Å². The van der Waals surface area contributed by atoms with Crippen LogP contribution in [0.2, 0.25) is 0 Å². The molecule has 0 heterocycles. The Kier molecular flexibility index (Phi) is 5.94. The second-order valence-corrected chi connectivity index (χ2v) is 5.31. The second kappa shape index (κ2) is 8.15. The zero-order valence-electron chi connectivity index (χ0n) is 13.5. The second-order valence-electron chi connectivity index (χ2n) is 5.31. The first kappa shape index (κ1) is 16.8. The van der Waals surface area contributed by atoms with Crippen LogP contribution in [0, 0.1) is 5.92 Å². The molecule has 0 aliphatic heterocycles. The van der Waals surface area contributed by atoms with Crippen molar-refractivity contribution in [1.29, 1.82) is 0 Å². The van der Waals surface area contributed by atoms with Crippen LogP contribution in [0.25, 0.3) is 0 Å². The van der Waals surface area contributed by atoms with E-state index in [9.17, 15) is 4.79 Å². The molecule has 0 unspecified atom stereocenters. The molecular formula is C19H22N2O2. The third kappa shape index (κ3) is 4.44. The minimum atomic E-state index is -0.166. The number of nitrogens with one attached hydrogen (secondary N) is 2. The first-order chi connectivity index (χ1) is 11.2. The molecule has 4 nitrogen and oxygen atoms in total. The maximum atomic E-state index is 12.2. The van der Waals surface area contributed by atoms with Gasteiger partial charge in [-0.3, -0.25) is 10.2 Å². The van der Waals surface area contributed by atoms with Gasteiger partial charge in [-0.15, -0.1) is 6.58 Å². The molecule has 120 valence electrons. The molecule has 2 aromatic carbocycles. The Morgan fingerprint density at radius 1 is 1.13 bits per heavy atom. The maximum absolute atomic E-state index is 12.2. The number of hydrazine groups is 1. The fourth-order valence-electron chi connectivity index (χ4n) is 2.27. The van der Waals surface area contributed by atoms with Gasteiger partial charge < -0.3 is 4.74 Å². The number of amides is 1. The SMILES string of the molecule is C=C[C@@H](C)[C@H](NNC(=O)c1ccccc1)c1ccc(OC)cc1. The van der Waals surface area contributed by atoms with E-state index in [1.165, 1.54) is 0 Å². The lowest BCUT2D eigenvalue weighted by Gasteiger charge is -2.24. The molecule has 0 aliphatic carbocycles. The number of hydrogen-bond acceptors (Lipinski definition) is 3. The van der Waals surface area contributed by atoms with Gasteiger partial charge in [0, 0.05) is 5.56 Å². The van der Waals surface area contributed by atoms with E-state index in [4.69, 9.17) is 4.74 Å². The van der Waals surface area contributed by atoms with Gasteiger partial charge in [-0.2, -0.15) is 0 Å². The van der Waals surface area contributed by atoms with E-state index in [0.717, 1.165) is 11.3 Å². The number of rotatable bonds is 7. The number of benzene rings is 2. The number of methoxy groups -OCH3 is 1. The van der Waals surface area contributed by atoms with Crippen LogP contribution in [0.1, 0.15) is 28.9 Å². The third-order valence-electron chi connectivity index (χ3n) is 3.75. The Morgan fingerprint density at radius 3 is 2.35 bits per heavy atom. The van der Waals surface area contributed by atoms with Crippen LogP contribution in [0.3, 0.4) is 0 Å². The summed E-state index contributed by atoms with van der Waals surface area (Å²) in [5, 5.41) is 0. The van der Waals surface area contributed by atoms with Crippen molar-refractivity contribution in [2.24, 2.45) is 5.92 Å². The van der Waals surface area contributed by atoms with E-state index in [1.54, 1.807) is 19.2 Å². The summed E-state index contributed by atoms with van der Waals surface area (Å²) in [6.07, 6.45) is 1.86. The van der Waals surface area contributed by atoms with E-state index in [-0.39, 0.29) is 17.9 Å². The molecule has 0 fully saturated rings. The van der Waals surface area contributed by atoms with Crippen molar-refractivity contribution in [2.45, 2.75) is 13.0 Å². The highest BCUT2D eigenvalue weighted by Gasteiger charge is 2.18. The van der Waals surface area contributed by atoms with E-state index in [1.807, 2.05) is 55.5 Å². The molecule has 2 aromatic rings. The van der Waals surface area contributed by atoms with Crippen molar-refractivity contribution in [3.05, 3.63) is 78.4 Å². The van der Waals surface area contributed by atoms with Crippen LogP contribution >= 0.6 is 0 Å². The Labute approximate surface area is 137 Å². The van der Waals surface area contributed by atoms with Crippen molar-refractivity contribution in [1.82, 2.24) is 10.9 Å². The predicted octanol–water partition coefficient (Wildman–Crippen LogP) is 3.49. The summed E-state index contributed by atoms with van der Waals surface area (Å²) in [7, 11) is 1.64. The normalized spacial score (nSPS) is 13.0. The summed E-state index contributed by atoms with van der Waals surface area (Å²) in [6, 6.07) is 16.8. The Bertz CT molecular complexity index is 638. The van der Waals surface area contributed by atoms with Crippen molar-refractivity contribution in [3.8, 4) is 5.75 Å². The molecule has 0 spiro atoms. The topological polar surface area (TPSA) is 50.4 Å². The molecule has 0 aromatic heterocycles. The van der Waals surface area contributed by atoms with E-state index in [0.29, 0.717) is 5.56 Å². The van der Waals surface area contributed by atoms with Crippen LogP contribution < -0.4 is 15.6 Å². The minimum absolute atomic E-state index is 0.0777. The summed E-state index contributed by atoms with van der Waals surface area (Å²) in [6.45, 7) is 5.89. The third-order valence-corrected chi connectivity index (χ3v) is 3.75. The molecule has 2 N–H and O–H groups in total. The summed E-state index contributed by atoms with van der Waals surface area (Å²) in [5.74, 6) is 0.770. The van der Waals surface area contributed by atoms with Crippen molar-refractivity contribution < 1.29 is 9.53 Å².